The van der Waals surface area contributed by atoms with Gasteiger partial charge in [0.1, 0.15) is 5.60 Å². The van der Waals surface area contributed by atoms with E-state index in [9.17, 15) is 13.6 Å². The van der Waals surface area contributed by atoms with Crippen LogP contribution < -0.4 is 5.73 Å². The number of halogens is 2. The lowest BCUT2D eigenvalue weighted by Crippen LogP contribution is -2.53. The molecule has 1 aliphatic heterocycles. The third kappa shape index (κ3) is 4.38. The molecule has 0 aromatic rings. The summed E-state index contributed by atoms with van der Waals surface area (Å²) in [5.41, 5.74) is 5.33. The van der Waals surface area contributed by atoms with Gasteiger partial charge in [-0.1, -0.05) is 6.92 Å². The van der Waals surface area contributed by atoms with Crippen LogP contribution in [0, 0.1) is 17.3 Å². The molecule has 2 rings (SSSR count). The van der Waals surface area contributed by atoms with E-state index >= 15 is 0 Å². The van der Waals surface area contributed by atoms with Crippen molar-refractivity contribution in [3.05, 3.63) is 0 Å². The molecule has 2 atom stereocenters. The first kappa shape index (κ1) is 19.4. The Hall–Kier alpha value is -0.910. The second-order valence-corrected chi connectivity index (χ2v) is 8.72. The third-order valence-electron chi connectivity index (χ3n) is 5.73. The molecule has 6 heteroatoms. The molecule has 2 N–H and O–H groups in total. The summed E-state index contributed by atoms with van der Waals surface area (Å²) in [5.74, 6) is -2.02. The Labute approximate surface area is 144 Å². The van der Waals surface area contributed by atoms with Gasteiger partial charge in [-0.3, -0.25) is 0 Å². The number of amides is 1. The van der Waals surface area contributed by atoms with E-state index in [0.717, 1.165) is 6.42 Å². The van der Waals surface area contributed by atoms with Gasteiger partial charge in [-0.2, -0.15) is 0 Å². The van der Waals surface area contributed by atoms with E-state index in [4.69, 9.17) is 10.5 Å². The smallest absolute Gasteiger partial charge is 0.410 e. The van der Waals surface area contributed by atoms with Crippen molar-refractivity contribution in [1.82, 2.24) is 4.90 Å². The molecular weight excluding hydrogens is 314 g/mol. The van der Waals surface area contributed by atoms with Crippen molar-refractivity contribution in [3.63, 3.8) is 0 Å². The second-order valence-electron chi connectivity index (χ2n) is 8.72. The highest BCUT2D eigenvalue weighted by Gasteiger charge is 2.49. The van der Waals surface area contributed by atoms with Crippen LogP contribution in [0.1, 0.15) is 59.8 Å². The van der Waals surface area contributed by atoms with Crippen LogP contribution in [0.25, 0.3) is 0 Å². The van der Waals surface area contributed by atoms with Crippen molar-refractivity contribution in [2.45, 2.75) is 71.3 Å². The molecule has 1 amide bonds. The van der Waals surface area contributed by atoms with Crippen molar-refractivity contribution in [1.29, 1.82) is 0 Å². The van der Waals surface area contributed by atoms with Crippen LogP contribution in [0.3, 0.4) is 0 Å². The Morgan fingerprint density at radius 2 is 1.83 bits per heavy atom. The standard InChI is InChI=1S/C18H32F2N2O2/c1-13-11-22(15(23)24-16(2,3)4)10-5-14(13)17(12-21)6-8-18(19,20)9-7-17/h13-14H,5-12,21H2,1-4H3. The highest BCUT2D eigenvalue weighted by atomic mass is 19.3. The Balaban J connectivity index is 2.01. The third-order valence-corrected chi connectivity index (χ3v) is 5.73. The molecule has 2 unspecified atom stereocenters. The van der Waals surface area contributed by atoms with E-state index in [-0.39, 0.29) is 36.2 Å². The first-order valence-electron chi connectivity index (χ1n) is 9.04. The average Bonchev–Trinajstić information content (AvgIpc) is 2.46. The van der Waals surface area contributed by atoms with E-state index in [1.54, 1.807) is 4.90 Å². The molecule has 140 valence electrons. The topological polar surface area (TPSA) is 55.6 Å². The highest BCUT2D eigenvalue weighted by molar-refractivity contribution is 5.68. The summed E-state index contributed by atoms with van der Waals surface area (Å²) in [4.78, 5) is 14.0. The summed E-state index contributed by atoms with van der Waals surface area (Å²) in [6.07, 6.45) is 1.36. The quantitative estimate of drug-likeness (QED) is 0.821. The fraction of sp³-hybridized carbons (Fsp3) is 0.944. The number of nitrogens with zero attached hydrogens (tertiary/aromatic N) is 1. The molecule has 1 aliphatic carbocycles. The normalized spacial score (nSPS) is 30.0. The van der Waals surface area contributed by atoms with Gasteiger partial charge in [-0.25, -0.2) is 13.6 Å². The van der Waals surface area contributed by atoms with Gasteiger partial charge in [0.2, 0.25) is 5.92 Å². The van der Waals surface area contributed by atoms with Gasteiger partial charge in [-0.15, -0.1) is 0 Å². The second kappa shape index (κ2) is 6.77. The molecule has 0 aromatic carbocycles. The van der Waals surface area contributed by atoms with Crippen LogP contribution in [0.15, 0.2) is 0 Å². The minimum atomic E-state index is -2.54. The molecule has 0 radical (unpaired) electrons. The van der Waals surface area contributed by atoms with Crippen molar-refractivity contribution in [3.8, 4) is 0 Å². The Kier molecular flexibility index (Phi) is 5.48. The minimum absolute atomic E-state index is 0.0663. The van der Waals surface area contributed by atoms with Gasteiger partial charge in [-0.05, 0) is 63.8 Å². The number of nitrogens with two attached hydrogens (primary N) is 1. The molecule has 4 nitrogen and oxygen atoms in total. The first-order chi connectivity index (χ1) is 11.0. The molecule has 1 saturated heterocycles. The fourth-order valence-electron chi connectivity index (χ4n) is 4.39. The summed E-state index contributed by atoms with van der Waals surface area (Å²) in [6.45, 7) is 9.34. The Morgan fingerprint density at radius 1 is 1.25 bits per heavy atom. The number of ether oxygens (including phenoxy) is 1. The van der Waals surface area contributed by atoms with Crippen LogP contribution in [0.4, 0.5) is 13.6 Å². The molecule has 0 bridgehead atoms. The predicted molar refractivity (Wildman–Crippen MR) is 90.0 cm³/mol. The monoisotopic (exact) mass is 346 g/mol. The summed E-state index contributed by atoms with van der Waals surface area (Å²) < 4.78 is 32.6. The fourth-order valence-corrected chi connectivity index (χ4v) is 4.39. The first-order valence-corrected chi connectivity index (χ1v) is 9.04. The number of likely N-dealkylation sites (tertiary alicyclic amines) is 1. The minimum Gasteiger partial charge on any atom is -0.444 e. The van der Waals surface area contributed by atoms with E-state index < -0.39 is 11.5 Å². The summed E-state index contributed by atoms with van der Waals surface area (Å²) in [7, 11) is 0. The lowest BCUT2D eigenvalue weighted by atomic mass is 9.59. The van der Waals surface area contributed by atoms with Crippen LogP contribution in [-0.2, 0) is 4.74 Å². The van der Waals surface area contributed by atoms with Crippen LogP contribution in [0.2, 0.25) is 0 Å². The molecule has 1 saturated carbocycles. The zero-order chi connectivity index (χ0) is 18.2. The summed E-state index contributed by atoms with van der Waals surface area (Å²) >= 11 is 0. The zero-order valence-corrected chi connectivity index (χ0v) is 15.4. The SMILES string of the molecule is CC1CN(C(=O)OC(C)(C)C)CCC1C1(CN)CCC(F)(F)CC1. The predicted octanol–water partition coefficient (Wildman–Crippen LogP) is 4.03. The van der Waals surface area contributed by atoms with Crippen molar-refractivity contribution >= 4 is 6.09 Å². The summed E-state index contributed by atoms with van der Waals surface area (Å²) in [5, 5.41) is 0. The average molecular weight is 346 g/mol. The maximum atomic E-state index is 13.6. The van der Waals surface area contributed by atoms with Gasteiger partial charge < -0.3 is 15.4 Å². The number of alkyl halides is 2. The van der Waals surface area contributed by atoms with Gasteiger partial charge in [0.25, 0.3) is 0 Å². The number of piperidine rings is 1. The Bertz CT molecular complexity index is 452. The van der Waals surface area contributed by atoms with E-state index in [1.165, 1.54) is 0 Å². The van der Waals surface area contributed by atoms with E-state index in [0.29, 0.717) is 32.5 Å². The number of hydrogen-bond acceptors (Lipinski definition) is 3. The summed E-state index contributed by atoms with van der Waals surface area (Å²) in [6, 6.07) is 0. The zero-order valence-electron chi connectivity index (χ0n) is 15.4. The maximum absolute atomic E-state index is 13.6. The van der Waals surface area contributed by atoms with Gasteiger partial charge >= 0.3 is 6.09 Å². The van der Waals surface area contributed by atoms with E-state index in [2.05, 4.69) is 6.92 Å². The maximum Gasteiger partial charge on any atom is 0.410 e. The molecule has 2 aliphatic rings. The Morgan fingerprint density at radius 3 is 2.29 bits per heavy atom. The van der Waals surface area contributed by atoms with Gasteiger partial charge in [0.15, 0.2) is 0 Å². The number of carbonyl (C=O) groups excluding carboxylic acids is 1. The number of rotatable bonds is 2. The molecule has 1 heterocycles. The van der Waals surface area contributed by atoms with Gasteiger partial charge in [0, 0.05) is 25.9 Å². The van der Waals surface area contributed by atoms with Crippen LogP contribution >= 0.6 is 0 Å². The molecular formula is C18H32F2N2O2. The number of hydrogen-bond donors (Lipinski definition) is 1. The van der Waals surface area contributed by atoms with Crippen molar-refractivity contribution in [2.75, 3.05) is 19.6 Å². The molecule has 0 aromatic heterocycles. The number of carbonyl (C=O) groups is 1. The van der Waals surface area contributed by atoms with E-state index in [1.807, 2.05) is 20.8 Å². The lowest BCUT2D eigenvalue weighted by molar-refractivity contribution is -0.0932. The van der Waals surface area contributed by atoms with Crippen molar-refractivity contribution < 1.29 is 18.3 Å². The highest BCUT2D eigenvalue weighted by Crippen LogP contribution is 2.51. The van der Waals surface area contributed by atoms with Gasteiger partial charge in [0.05, 0.1) is 0 Å². The van der Waals surface area contributed by atoms with Crippen LogP contribution in [-0.4, -0.2) is 42.2 Å². The van der Waals surface area contributed by atoms with Crippen molar-refractivity contribution in [2.24, 2.45) is 23.0 Å². The lowest BCUT2D eigenvalue weighted by Gasteiger charge is -2.50. The molecule has 2 fully saturated rings. The molecule has 0 spiro atoms. The molecule has 24 heavy (non-hydrogen) atoms. The van der Waals surface area contributed by atoms with Crippen LogP contribution in [0.5, 0.6) is 0 Å². The largest absolute Gasteiger partial charge is 0.444 e.